The molecular weight excluding hydrogens is 323 g/mol. The van der Waals surface area contributed by atoms with E-state index in [0.29, 0.717) is 12.3 Å². The molecule has 0 spiro atoms. The first kappa shape index (κ1) is 17.3. The number of nitrogens with one attached hydrogen (secondary N) is 2. The Bertz CT molecular complexity index is 644. The molecule has 24 heavy (non-hydrogen) atoms. The minimum atomic E-state index is -0.833. The summed E-state index contributed by atoms with van der Waals surface area (Å²) >= 11 is 0. The van der Waals surface area contributed by atoms with Crippen LogP contribution in [0.4, 0.5) is 10.1 Å². The van der Waals surface area contributed by atoms with Gasteiger partial charge in [0.1, 0.15) is 25.3 Å². The zero-order valence-electron chi connectivity index (χ0n) is 12.5. The quantitative estimate of drug-likeness (QED) is 0.724. The third kappa shape index (κ3) is 5.59. The lowest BCUT2D eigenvalue weighted by molar-refractivity contribution is -0.149. The van der Waals surface area contributed by atoms with E-state index in [1.807, 2.05) is 0 Å². The van der Waals surface area contributed by atoms with Crippen LogP contribution in [0.3, 0.4) is 0 Å². The lowest BCUT2D eigenvalue weighted by atomic mass is 10.3. The Morgan fingerprint density at radius 3 is 2.54 bits per heavy atom. The summed E-state index contributed by atoms with van der Waals surface area (Å²) in [7, 11) is 0. The first-order valence-corrected chi connectivity index (χ1v) is 6.98. The normalized spacial score (nSPS) is 13.0. The Labute approximate surface area is 136 Å². The molecule has 0 fully saturated rings. The van der Waals surface area contributed by atoms with Crippen molar-refractivity contribution in [3.05, 3.63) is 42.1 Å². The van der Waals surface area contributed by atoms with Crippen LogP contribution in [0.2, 0.25) is 0 Å². The molecule has 2 rings (SSSR count). The van der Waals surface area contributed by atoms with Crippen molar-refractivity contribution in [1.29, 1.82) is 0 Å². The van der Waals surface area contributed by atoms with Gasteiger partial charge in [-0.25, -0.2) is 9.18 Å². The Morgan fingerprint density at radius 1 is 1.12 bits per heavy atom. The van der Waals surface area contributed by atoms with Crippen LogP contribution in [0.1, 0.15) is 0 Å². The van der Waals surface area contributed by atoms with Gasteiger partial charge in [-0.05, 0) is 24.3 Å². The van der Waals surface area contributed by atoms with Gasteiger partial charge in [0.25, 0.3) is 5.91 Å². The highest BCUT2D eigenvalue weighted by molar-refractivity contribution is 5.95. The summed E-state index contributed by atoms with van der Waals surface area (Å²) in [6.07, 6.45) is 1.11. The summed E-state index contributed by atoms with van der Waals surface area (Å²) < 4.78 is 27.3. The summed E-state index contributed by atoms with van der Waals surface area (Å²) in [6, 6.07) is 5.16. The number of ether oxygens (including phenoxy) is 3. The number of anilines is 1. The number of amides is 2. The first-order valence-electron chi connectivity index (χ1n) is 6.98. The van der Waals surface area contributed by atoms with Crippen molar-refractivity contribution in [2.75, 3.05) is 31.7 Å². The molecule has 0 saturated heterocycles. The van der Waals surface area contributed by atoms with Crippen molar-refractivity contribution in [1.82, 2.24) is 5.32 Å². The van der Waals surface area contributed by atoms with E-state index in [0.717, 1.165) is 6.26 Å². The van der Waals surface area contributed by atoms with Gasteiger partial charge >= 0.3 is 5.97 Å². The predicted octanol–water partition coefficient (Wildman–Crippen LogP) is 0.312. The number of esters is 1. The van der Waals surface area contributed by atoms with Crippen LogP contribution in [-0.4, -0.2) is 44.1 Å². The highest BCUT2D eigenvalue weighted by Crippen LogP contribution is 2.08. The summed E-state index contributed by atoms with van der Waals surface area (Å²) in [5.41, 5.74) is 0.392. The molecule has 1 aromatic rings. The number of carbonyl (C=O) groups excluding carboxylic acids is 3. The molecule has 0 aromatic heterocycles. The highest BCUT2D eigenvalue weighted by atomic mass is 19.1. The lowest BCUT2D eigenvalue weighted by Crippen LogP contribution is -2.35. The summed E-state index contributed by atoms with van der Waals surface area (Å²) in [5.74, 6) is -2.54. The molecule has 1 heterocycles. The molecule has 0 saturated carbocycles. The maximum Gasteiger partial charge on any atom is 0.377 e. The van der Waals surface area contributed by atoms with Gasteiger partial charge in [0.2, 0.25) is 11.7 Å². The van der Waals surface area contributed by atoms with Crippen LogP contribution >= 0.6 is 0 Å². The molecule has 0 bridgehead atoms. The van der Waals surface area contributed by atoms with Crippen LogP contribution in [0.25, 0.3) is 0 Å². The molecular formula is C15H15FN2O6. The fourth-order valence-electron chi connectivity index (χ4n) is 1.65. The Kier molecular flexibility index (Phi) is 6.12. The third-order valence-corrected chi connectivity index (χ3v) is 2.76. The molecule has 1 aromatic carbocycles. The highest BCUT2D eigenvalue weighted by Gasteiger charge is 2.18. The second-order valence-corrected chi connectivity index (χ2v) is 4.61. The average molecular weight is 338 g/mol. The predicted molar refractivity (Wildman–Crippen MR) is 79.0 cm³/mol. The molecule has 0 unspecified atom stereocenters. The molecule has 0 radical (unpaired) electrons. The van der Waals surface area contributed by atoms with Gasteiger partial charge in [-0.2, -0.15) is 0 Å². The Morgan fingerprint density at radius 2 is 1.88 bits per heavy atom. The summed E-state index contributed by atoms with van der Waals surface area (Å²) in [5, 5.41) is 4.75. The van der Waals surface area contributed by atoms with E-state index in [-0.39, 0.29) is 18.9 Å². The van der Waals surface area contributed by atoms with E-state index >= 15 is 0 Å². The number of rotatable bonds is 6. The molecule has 0 aliphatic carbocycles. The number of carbonyl (C=O) groups is 3. The fraction of sp³-hybridized carbons (Fsp3) is 0.267. The SMILES string of the molecule is O=C(COC(=O)C1=COCCO1)NCC(=O)Nc1ccc(F)cc1. The van der Waals surface area contributed by atoms with E-state index in [1.165, 1.54) is 24.3 Å². The van der Waals surface area contributed by atoms with Gasteiger partial charge in [-0.1, -0.05) is 0 Å². The molecule has 9 heteroatoms. The van der Waals surface area contributed by atoms with E-state index in [2.05, 4.69) is 10.6 Å². The number of hydrogen-bond acceptors (Lipinski definition) is 6. The molecule has 1 aliphatic heterocycles. The monoisotopic (exact) mass is 338 g/mol. The molecule has 8 nitrogen and oxygen atoms in total. The van der Waals surface area contributed by atoms with Crippen LogP contribution in [-0.2, 0) is 28.6 Å². The maximum absolute atomic E-state index is 12.7. The molecule has 2 amide bonds. The zero-order valence-corrected chi connectivity index (χ0v) is 12.5. The van der Waals surface area contributed by atoms with Crippen molar-refractivity contribution in [2.45, 2.75) is 0 Å². The molecule has 2 N–H and O–H groups in total. The molecule has 0 atom stereocenters. The first-order chi connectivity index (χ1) is 11.5. The van der Waals surface area contributed by atoms with Crippen LogP contribution in [0.15, 0.2) is 36.3 Å². The van der Waals surface area contributed by atoms with E-state index in [4.69, 9.17) is 14.2 Å². The van der Waals surface area contributed by atoms with Crippen molar-refractivity contribution >= 4 is 23.5 Å². The maximum atomic E-state index is 12.7. The standard InChI is InChI=1S/C15H15FN2O6/c16-10-1-3-11(4-2-10)18-13(19)7-17-14(20)9-24-15(21)12-8-22-5-6-23-12/h1-4,8H,5-7,9H2,(H,17,20)(H,18,19). The smallest absolute Gasteiger partial charge is 0.377 e. The number of hydrogen-bond donors (Lipinski definition) is 2. The summed E-state index contributed by atoms with van der Waals surface area (Å²) in [4.78, 5) is 34.7. The van der Waals surface area contributed by atoms with Gasteiger partial charge in [-0.3, -0.25) is 9.59 Å². The zero-order chi connectivity index (χ0) is 17.4. The van der Waals surface area contributed by atoms with Gasteiger partial charge in [-0.15, -0.1) is 0 Å². The van der Waals surface area contributed by atoms with E-state index in [9.17, 15) is 18.8 Å². The third-order valence-electron chi connectivity index (χ3n) is 2.76. The van der Waals surface area contributed by atoms with Gasteiger partial charge < -0.3 is 24.8 Å². The van der Waals surface area contributed by atoms with Crippen molar-refractivity contribution in [3.63, 3.8) is 0 Å². The Balaban J connectivity index is 1.67. The van der Waals surface area contributed by atoms with Crippen LogP contribution in [0, 0.1) is 5.82 Å². The number of halogens is 1. The molecule has 1 aliphatic rings. The summed E-state index contributed by atoms with van der Waals surface area (Å²) in [6.45, 7) is -0.337. The van der Waals surface area contributed by atoms with E-state index in [1.54, 1.807) is 0 Å². The van der Waals surface area contributed by atoms with E-state index < -0.39 is 30.2 Å². The second kappa shape index (κ2) is 8.51. The van der Waals surface area contributed by atoms with Gasteiger partial charge in [0, 0.05) is 5.69 Å². The fourth-order valence-corrected chi connectivity index (χ4v) is 1.65. The van der Waals surface area contributed by atoms with Crippen molar-refractivity contribution in [2.24, 2.45) is 0 Å². The largest absolute Gasteiger partial charge is 0.493 e. The number of benzene rings is 1. The second-order valence-electron chi connectivity index (χ2n) is 4.61. The molecule has 128 valence electrons. The lowest BCUT2D eigenvalue weighted by Gasteiger charge is -2.14. The van der Waals surface area contributed by atoms with Crippen molar-refractivity contribution < 1.29 is 33.0 Å². The minimum Gasteiger partial charge on any atom is -0.493 e. The van der Waals surface area contributed by atoms with Gasteiger partial charge in [0.15, 0.2) is 6.61 Å². The van der Waals surface area contributed by atoms with Crippen molar-refractivity contribution in [3.8, 4) is 0 Å². The Hall–Kier alpha value is -3.10. The minimum absolute atomic E-state index is 0.122. The van der Waals surface area contributed by atoms with Gasteiger partial charge in [0.05, 0.1) is 6.54 Å². The van der Waals surface area contributed by atoms with Crippen LogP contribution < -0.4 is 10.6 Å². The van der Waals surface area contributed by atoms with Crippen LogP contribution in [0.5, 0.6) is 0 Å². The average Bonchev–Trinajstić information content (AvgIpc) is 2.60. The topological polar surface area (TPSA) is 103 Å².